The molecule has 1 saturated heterocycles. The number of hydrogen-bond donors (Lipinski definition) is 2. The summed E-state index contributed by atoms with van der Waals surface area (Å²) in [5, 5.41) is 2.60. The van der Waals surface area contributed by atoms with Crippen LogP contribution in [0.2, 0.25) is 0 Å². The lowest BCUT2D eigenvalue weighted by atomic mass is 10.1. The molecular weight excluding hydrogens is 485 g/mol. The van der Waals surface area contributed by atoms with Crippen molar-refractivity contribution < 1.29 is 22.7 Å². The van der Waals surface area contributed by atoms with Crippen molar-refractivity contribution in [3.05, 3.63) is 47.3 Å². The number of carbonyl (C=O) groups is 1. The van der Waals surface area contributed by atoms with E-state index in [1.54, 1.807) is 24.0 Å². The smallest absolute Gasteiger partial charge is 0.416 e. The van der Waals surface area contributed by atoms with Crippen molar-refractivity contribution in [2.45, 2.75) is 26.1 Å². The van der Waals surface area contributed by atoms with Crippen molar-refractivity contribution in [2.24, 2.45) is 0 Å². The fourth-order valence-electron chi connectivity index (χ4n) is 3.55. The Kier molecular flexibility index (Phi) is 7.19. The van der Waals surface area contributed by atoms with Crippen molar-refractivity contribution in [1.82, 2.24) is 23.6 Å². The van der Waals surface area contributed by atoms with E-state index in [9.17, 15) is 18.0 Å². The molecule has 0 aliphatic carbocycles. The highest BCUT2D eigenvalue weighted by molar-refractivity contribution is 6.99. The van der Waals surface area contributed by atoms with Gasteiger partial charge in [0.25, 0.3) is 5.88 Å². The van der Waals surface area contributed by atoms with Gasteiger partial charge in [0.15, 0.2) is 0 Å². The number of halogens is 3. The van der Waals surface area contributed by atoms with Gasteiger partial charge < -0.3 is 25.6 Å². The number of ether oxygens (including phenoxy) is 1. The highest BCUT2D eigenvalue weighted by Gasteiger charge is 2.31. The number of piperazine rings is 1. The second-order valence-electron chi connectivity index (χ2n) is 7.76. The van der Waals surface area contributed by atoms with E-state index in [4.69, 9.17) is 10.5 Å². The largest absolute Gasteiger partial charge is 0.468 e. The van der Waals surface area contributed by atoms with Gasteiger partial charge in [-0.1, -0.05) is 6.92 Å². The van der Waals surface area contributed by atoms with E-state index in [1.807, 2.05) is 4.90 Å². The van der Waals surface area contributed by atoms with E-state index in [1.165, 1.54) is 6.20 Å². The van der Waals surface area contributed by atoms with Gasteiger partial charge in [0.1, 0.15) is 6.61 Å². The predicted octanol–water partition coefficient (Wildman–Crippen LogP) is 3.42. The van der Waals surface area contributed by atoms with Gasteiger partial charge in [0.2, 0.25) is 11.8 Å². The Morgan fingerprint density at radius 3 is 2.66 bits per heavy atom. The summed E-state index contributed by atoms with van der Waals surface area (Å²) in [6.45, 7) is 3.52. The predicted molar refractivity (Wildman–Crippen MR) is 124 cm³/mol. The van der Waals surface area contributed by atoms with Crippen LogP contribution in [0.15, 0.2) is 30.5 Å². The molecule has 1 aliphatic rings. The molecule has 1 aliphatic heterocycles. The Balaban J connectivity index is 1.35. The highest BCUT2D eigenvalue weighted by atomic mass is 32.1. The SMILES string of the molecule is CCc1cc(NC(=O)N2CCN(c3nsnc3OCc3ccnc(N)n3)CC2)cc(C(F)(F)F)c1. The summed E-state index contributed by atoms with van der Waals surface area (Å²) in [5.41, 5.74) is 6.00. The van der Waals surface area contributed by atoms with Crippen LogP contribution in [-0.2, 0) is 19.2 Å². The van der Waals surface area contributed by atoms with Crippen LogP contribution in [0.4, 0.5) is 35.4 Å². The molecule has 0 bridgehead atoms. The number of urea groups is 1. The van der Waals surface area contributed by atoms with Crippen LogP contribution in [0.1, 0.15) is 23.7 Å². The number of anilines is 3. The number of carbonyl (C=O) groups excluding carboxylic acids is 1. The number of nitrogens with one attached hydrogen (secondary N) is 1. The Hall–Kier alpha value is -3.68. The molecule has 1 aromatic carbocycles. The normalized spacial score (nSPS) is 14.2. The van der Waals surface area contributed by atoms with Crippen molar-refractivity contribution in [2.75, 3.05) is 42.1 Å². The molecule has 0 radical (unpaired) electrons. The summed E-state index contributed by atoms with van der Waals surface area (Å²) in [6, 6.07) is 4.82. The second-order valence-corrected chi connectivity index (χ2v) is 8.29. The maximum atomic E-state index is 13.2. The number of alkyl halides is 3. The van der Waals surface area contributed by atoms with Crippen LogP contribution in [-0.4, -0.2) is 55.8 Å². The number of rotatable bonds is 6. The molecule has 3 N–H and O–H groups in total. The molecule has 186 valence electrons. The monoisotopic (exact) mass is 508 g/mol. The molecule has 0 unspecified atom stereocenters. The minimum absolute atomic E-state index is 0.119. The average Bonchev–Trinajstić information content (AvgIpc) is 3.31. The number of aryl methyl sites for hydroxylation is 1. The van der Waals surface area contributed by atoms with E-state index in [2.05, 4.69) is 24.0 Å². The fourth-order valence-corrected chi connectivity index (χ4v) is 4.07. The molecule has 3 aromatic rings. The summed E-state index contributed by atoms with van der Waals surface area (Å²) in [5.74, 6) is 1.05. The van der Waals surface area contributed by atoms with E-state index in [-0.39, 0.29) is 18.2 Å². The molecule has 10 nitrogen and oxygen atoms in total. The first-order chi connectivity index (χ1) is 16.7. The number of benzene rings is 1. The van der Waals surface area contributed by atoms with Crippen molar-refractivity contribution >= 4 is 35.2 Å². The summed E-state index contributed by atoms with van der Waals surface area (Å²) in [7, 11) is 0. The van der Waals surface area contributed by atoms with Gasteiger partial charge in [-0.3, -0.25) is 0 Å². The third kappa shape index (κ3) is 6.07. The van der Waals surface area contributed by atoms with Crippen LogP contribution in [0, 0.1) is 0 Å². The number of nitrogens with zero attached hydrogens (tertiary/aromatic N) is 6. The topological polar surface area (TPSA) is 122 Å². The Morgan fingerprint density at radius 2 is 1.97 bits per heavy atom. The quantitative estimate of drug-likeness (QED) is 0.519. The molecule has 0 atom stereocenters. The minimum Gasteiger partial charge on any atom is -0.468 e. The molecule has 4 rings (SSSR count). The van der Waals surface area contributed by atoms with Gasteiger partial charge in [0, 0.05) is 38.1 Å². The zero-order valence-electron chi connectivity index (χ0n) is 18.7. The molecule has 0 saturated carbocycles. The number of nitrogen functional groups attached to an aromatic ring is 1. The fraction of sp³-hybridized carbons (Fsp3) is 0.381. The lowest BCUT2D eigenvalue weighted by Crippen LogP contribution is -2.50. The first-order valence-corrected chi connectivity index (χ1v) is 11.5. The van der Waals surface area contributed by atoms with Crippen LogP contribution < -0.4 is 20.7 Å². The van der Waals surface area contributed by atoms with E-state index >= 15 is 0 Å². The van der Waals surface area contributed by atoms with E-state index in [0.717, 1.165) is 23.9 Å². The summed E-state index contributed by atoms with van der Waals surface area (Å²) in [4.78, 5) is 24.1. The molecule has 2 amide bonds. The standard InChI is InChI=1S/C21H23F3N8O2S/c1-2-13-9-14(21(22,23)24)11-16(10-13)28-20(33)32-7-5-31(6-8-32)17-18(30-35-29-17)34-12-15-3-4-26-19(25)27-15/h3-4,9-11H,2,5-8,12H2,1H3,(H,28,33)(H2,25,26,27). The van der Waals surface area contributed by atoms with Gasteiger partial charge in [-0.25, -0.2) is 14.8 Å². The van der Waals surface area contributed by atoms with Crippen molar-refractivity contribution in [1.29, 1.82) is 0 Å². The van der Waals surface area contributed by atoms with E-state index < -0.39 is 17.8 Å². The summed E-state index contributed by atoms with van der Waals surface area (Å²) in [6.07, 6.45) is -2.53. The lowest BCUT2D eigenvalue weighted by Gasteiger charge is -2.34. The van der Waals surface area contributed by atoms with E-state index in [0.29, 0.717) is 55.6 Å². The molecule has 3 heterocycles. The second kappa shape index (κ2) is 10.3. The van der Waals surface area contributed by atoms with Gasteiger partial charge in [-0.15, -0.1) is 4.37 Å². The number of aromatic nitrogens is 4. The van der Waals surface area contributed by atoms with Gasteiger partial charge in [-0.2, -0.15) is 17.5 Å². The molecular formula is C21H23F3N8O2S. The molecule has 1 fully saturated rings. The van der Waals surface area contributed by atoms with Crippen LogP contribution in [0.3, 0.4) is 0 Å². The summed E-state index contributed by atoms with van der Waals surface area (Å²) >= 11 is 1.00. The Labute approximate surface area is 203 Å². The summed E-state index contributed by atoms with van der Waals surface area (Å²) < 4.78 is 53.8. The number of hydrogen-bond acceptors (Lipinski definition) is 9. The number of amides is 2. The minimum atomic E-state index is -4.49. The third-order valence-electron chi connectivity index (χ3n) is 5.38. The van der Waals surface area contributed by atoms with Crippen molar-refractivity contribution in [3.8, 4) is 5.88 Å². The molecule has 2 aromatic heterocycles. The van der Waals surface area contributed by atoms with Crippen LogP contribution in [0.5, 0.6) is 5.88 Å². The molecule has 0 spiro atoms. The highest BCUT2D eigenvalue weighted by Crippen LogP contribution is 2.32. The zero-order chi connectivity index (χ0) is 25.0. The maximum Gasteiger partial charge on any atom is 0.416 e. The van der Waals surface area contributed by atoms with Crippen LogP contribution in [0.25, 0.3) is 0 Å². The van der Waals surface area contributed by atoms with Gasteiger partial charge in [-0.05, 0) is 36.2 Å². The first kappa shape index (κ1) is 24.4. The lowest BCUT2D eigenvalue weighted by molar-refractivity contribution is -0.137. The maximum absolute atomic E-state index is 13.2. The van der Waals surface area contributed by atoms with Crippen molar-refractivity contribution in [3.63, 3.8) is 0 Å². The van der Waals surface area contributed by atoms with Gasteiger partial charge >= 0.3 is 12.2 Å². The number of nitrogens with two attached hydrogens (primary N) is 1. The average molecular weight is 509 g/mol. The zero-order valence-corrected chi connectivity index (χ0v) is 19.6. The van der Waals surface area contributed by atoms with Crippen LogP contribution >= 0.6 is 11.7 Å². The Bertz CT molecular complexity index is 1180. The molecule has 35 heavy (non-hydrogen) atoms. The molecule has 14 heteroatoms. The van der Waals surface area contributed by atoms with Gasteiger partial charge in [0.05, 0.1) is 23.0 Å². The Morgan fingerprint density at radius 1 is 1.20 bits per heavy atom. The first-order valence-electron chi connectivity index (χ1n) is 10.8. The third-order valence-corrected chi connectivity index (χ3v) is 5.88.